The molecule has 2 aromatic rings. The third kappa shape index (κ3) is 6.87. The number of halogens is 4. The van der Waals surface area contributed by atoms with Crippen LogP contribution in [0.1, 0.15) is 33.3 Å². The van der Waals surface area contributed by atoms with Crippen LogP contribution in [0.25, 0.3) is 0 Å². The van der Waals surface area contributed by atoms with Crippen LogP contribution >= 0.6 is 23.2 Å². The number of nitrogens with one attached hydrogen (secondary N) is 1. The molecule has 1 amide bonds. The van der Waals surface area contributed by atoms with Crippen LogP contribution in [0.5, 0.6) is 5.75 Å². The van der Waals surface area contributed by atoms with Crippen LogP contribution in [-0.4, -0.2) is 53.2 Å². The van der Waals surface area contributed by atoms with E-state index in [-0.39, 0.29) is 29.8 Å². The minimum absolute atomic E-state index is 0.0380. The molecular formula is C25H26Cl2F2N6O2. The second-order valence-electron chi connectivity index (χ2n) is 9.10. The number of hydrogen-bond acceptors (Lipinski definition) is 5. The molecule has 0 bridgehead atoms. The van der Waals surface area contributed by atoms with Crippen molar-refractivity contribution in [3.8, 4) is 11.9 Å². The highest BCUT2D eigenvalue weighted by molar-refractivity contribution is 6.42. The van der Waals surface area contributed by atoms with Gasteiger partial charge in [0.25, 0.3) is 0 Å². The number of amides is 1. The van der Waals surface area contributed by atoms with Crippen LogP contribution in [0.2, 0.25) is 10.0 Å². The summed E-state index contributed by atoms with van der Waals surface area (Å²) in [6.07, 6.45) is 1.83. The van der Waals surface area contributed by atoms with E-state index in [0.717, 1.165) is 0 Å². The fraction of sp³-hybridized carbons (Fsp3) is 0.360. The zero-order valence-corrected chi connectivity index (χ0v) is 22.2. The van der Waals surface area contributed by atoms with Crippen LogP contribution in [0.15, 0.2) is 52.6 Å². The van der Waals surface area contributed by atoms with Crippen LogP contribution in [-0.2, 0) is 4.79 Å². The summed E-state index contributed by atoms with van der Waals surface area (Å²) in [5.41, 5.74) is 0.772. The number of hydrogen-bond donors (Lipinski definition) is 1. The normalized spacial score (nSPS) is 15.9. The molecule has 0 saturated heterocycles. The van der Waals surface area contributed by atoms with Crippen LogP contribution < -0.4 is 10.1 Å². The smallest absolute Gasteiger partial charge is 0.387 e. The van der Waals surface area contributed by atoms with Gasteiger partial charge in [0, 0.05) is 23.6 Å². The summed E-state index contributed by atoms with van der Waals surface area (Å²) in [4.78, 5) is 19.4. The van der Waals surface area contributed by atoms with E-state index in [9.17, 15) is 18.8 Å². The SMILES string of the molecule is CCN(C(=O)C(C)(C)C)C1CN(C(=Nc2cccc(OC(F)F)c2)NC#N)N=C1c1ccc(Cl)c(Cl)c1. The Kier molecular flexibility index (Phi) is 8.94. The van der Waals surface area contributed by atoms with Crippen molar-refractivity contribution < 1.29 is 18.3 Å². The Balaban J connectivity index is 2.08. The summed E-state index contributed by atoms with van der Waals surface area (Å²) in [6, 6.07) is 10.3. The zero-order chi connectivity index (χ0) is 27.3. The Bertz CT molecular complexity index is 1260. The first-order chi connectivity index (χ1) is 17.4. The van der Waals surface area contributed by atoms with E-state index in [0.29, 0.717) is 27.9 Å². The molecule has 196 valence electrons. The molecule has 1 aliphatic rings. The summed E-state index contributed by atoms with van der Waals surface area (Å²) >= 11 is 12.4. The summed E-state index contributed by atoms with van der Waals surface area (Å²) in [7, 11) is 0. The number of hydrazone groups is 1. The number of carbonyl (C=O) groups excluding carboxylic acids is 1. The first kappa shape index (κ1) is 28.2. The van der Waals surface area contributed by atoms with Gasteiger partial charge < -0.3 is 9.64 Å². The molecule has 0 saturated carbocycles. The number of nitrogens with zero attached hydrogens (tertiary/aromatic N) is 5. The first-order valence-electron chi connectivity index (χ1n) is 11.4. The van der Waals surface area contributed by atoms with Gasteiger partial charge in [-0.2, -0.15) is 19.1 Å². The van der Waals surface area contributed by atoms with Crippen LogP contribution in [0.4, 0.5) is 14.5 Å². The summed E-state index contributed by atoms with van der Waals surface area (Å²) in [6.45, 7) is 4.95. The Morgan fingerprint density at radius 3 is 2.62 bits per heavy atom. The maximum atomic E-state index is 13.3. The predicted octanol–water partition coefficient (Wildman–Crippen LogP) is 5.64. The quantitative estimate of drug-likeness (QED) is 0.217. The molecule has 1 atom stereocenters. The van der Waals surface area contributed by atoms with E-state index in [1.54, 1.807) is 29.2 Å². The van der Waals surface area contributed by atoms with E-state index >= 15 is 0 Å². The Labute approximate surface area is 224 Å². The van der Waals surface area contributed by atoms with E-state index in [2.05, 4.69) is 20.1 Å². The Morgan fingerprint density at radius 2 is 2.03 bits per heavy atom. The van der Waals surface area contributed by atoms with Gasteiger partial charge in [-0.25, -0.2) is 10.0 Å². The van der Waals surface area contributed by atoms with Crippen molar-refractivity contribution in [3.63, 3.8) is 0 Å². The van der Waals surface area contributed by atoms with Crippen LogP contribution in [0.3, 0.4) is 0 Å². The lowest BCUT2D eigenvalue weighted by Crippen LogP contribution is -2.51. The van der Waals surface area contributed by atoms with E-state index in [4.69, 9.17) is 23.2 Å². The van der Waals surface area contributed by atoms with Crippen molar-refractivity contribution >= 4 is 46.5 Å². The van der Waals surface area contributed by atoms with Gasteiger partial charge in [0.2, 0.25) is 11.9 Å². The topological polar surface area (TPSA) is 93.3 Å². The highest BCUT2D eigenvalue weighted by Crippen LogP contribution is 2.29. The number of carbonyl (C=O) groups is 1. The molecule has 12 heteroatoms. The second kappa shape index (κ2) is 11.8. The molecule has 1 aliphatic heterocycles. The number of nitriles is 1. The number of aliphatic imine (C=N–C) groups is 1. The maximum absolute atomic E-state index is 13.3. The molecule has 0 spiro atoms. The molecule has 8 nitrogen and oxygen atoms in total. The number of ether oxygens (including phenoxy) is 1. The van der Waals surface area contributed by atoms with Crippen LogP contribution in [0, 0.1) is 16.9 Å². The van der Waals surface area contributed by atoms with Crippen molar-refractivity contribution in [2.24, 2.45) is 15.5 Å². The Hall–Kier alpha value is -3.42. The zero-order valence-electron chi connectivity index (χ0n) is 20.7. The minimum atomic E-state index is -2.99. The van der Waals surface area contributed by atoms with Gasteiger partial charge in [-0.3, -0.25) is 10.1 Å². The molecule has 1 unspecified atom stereocenters. The van der Waals surface area contributed by atoms with Gasteiger partial charge in [0.1, 0.15) is 5.75 Å². The summed E-state index contributed by atoms with van der Waals surface area (Å²) in [5, 5.41) is 18.7. The average Bonchev–Trinajstić information content (AvgIpc) is 3.25. The van der Waals surface area contributed by atoms with Gasteiger partial charge in [0.15, 0.2) is 6.19 Å². The molecule has 1 heterocycles. The number of alkyl halides is 2. The molecular weight excluding hydrogens is 525 g/mol. The van der Waals surface area contributed by atoms with Gasteiger partial charge >= 0.3 is 6.61 Å². The summed E-state index contributed by atoms with van der Waals surface area (Å²) in [5.74, 6) is -0.131. The predicted molar refractivity (Wildman–Crippen MR) is 139 cm³/mol. The number of likely N-dealkylation sites (N-methyl/N-ethyl adjacent to an activating group) is 1. The highest BCUT2D eigenvalue weighted by Gasteiger charge is 2.39. The lowest BCUT2D eigenvalue weighted by atomic mass is 9.92. The van der Waals surface area contributed by atoms with Crippen molar-refractivity contribution in [2.75, 3.05) is 13.1 Å². The van der Waals surface area contributed by atoms with E-state index < -0.39 is 18.1 Å². The molecule has 0 fully saturated rings. The van der Waals surface area contributed by atoms with Crippen molar-refractivity contribution in [3.05, 3.63) is 58.1 Å². The number of rotatable bonds is 6. The lowest BCUT2D eigenvalue weighted by molar-refractivity contribution is -0.140. The van der Waals surface area contributed by atoms with Gasteiger partial charge in [-0.05, 0) is 31.2 Å². The number of benzene rings is 2. The average molecular weight is 551 g/mol. The molecule has 0 radical (unpaired) electrons. The van der Waals surface area contributed by atoms with Crippen molar-refractivity contribution in [1.29, 1.82) is 5.26 Å². The second-order valence-corrected chi connectivity index (χ2v) is 9.92. The first-order valence-corrected chi connectivity index (χ1v) is 12.1. The van der Waals surface area contributed by atoms with Gasteiger partial charge in [0.05, 0.1) is 34.0 Å². The van der Waals surface area contributed by atoms with Crippen molar-refractivity contribution in [1.82, 2.24) is 15.2 Å². The third-order valence-electron chi connectivity index (χ3n) is 5.41. The molecule has 0 aliphatic carbocycles. The fourth-order valence-corrected chi connectivity index (χ4v) is 4.06. The highest BCUT2D eigenvalue weighted by atomic mass is 35.5. The number of guanidine groups is 1. The lowest BCUT2D eigenvalue weighted by Gasteiger charge is -2.34. The van der Waals surface area contributed by atoms with E-state index in [1.165, 1.54) is 23.2 Å². The molecule has 3 rings (SSSR count). The minimum Gasteiger partial charge on any atom is -0.435 e. The third-order valence-corrected chi connectivity index (χ3v) is 6.15. The fourth-order valence-electron chi connectivity index (χ4n) is 3.76. The Morgan fingerprint density at radius 1 is 1.30 bits per heavy atom. The molecule has 2 aromatic carbocycles. The van der Waals surface area contributed by atoms with Gasteiger partial charge in [-0.15, -0.1) is 0 Å². The maximum Gasteiger partial charge on any atom is 0.387 e. The molecule has 1 N–H and O–H groups in total. The molecule has 0 aromatic heterocycles. The summed E-state index contributed by atoms with van der Waals surface area (Å²) < 4.78 is 29.7. The van der Waals surface area contributed by atoms with Gasteiger partial charge in [-0.1, -0.05) is 56.1 Å². The van der Waals surface area contributed by atoms with E-state index in [1.807, 2.05) is 33.9 Å². The monoisotopic (exact) mass is 550 g/mol. The largest absolute Gasteiger partial charge is 0.435 e. The van der Waals surface area contributed by atoms with Crippen molar-refractivity contribution in [2.45, 2.75) is 40.3 Å². The molecule has 37 heavy (non-hydrogen) atoms. The standard InChI is InChI=1S/C25H26Cl2F2N6O2/c1-5-34(22(36)25(2,3)4)20-13-35(33-21(20)15-9-10-18(26)19(27)11-15)24(31-14-30)32-16-7-6-8-17(12-16)37-23(28)29/h6-12,20,23H,5,13H2,1-4H3,(H,31,32).